The maximum absolute atomic E-state index is 11.9. The molecule has 0 aromatic heterocycles. The van der Waals surface area contributed by atoms with Gasteiger partial charge in [0.25, 0.3) is 0 Å². The van der Waals surface area contributed by atoms with E-state index in [2.05, 4.69) is 6.07 Å². The lowest BCUT2D eigenvalue weighted by Gasteiger charge is -2.36. The number of thioether (sulfide) groups is 1. The first-order chi connectivity index (χ1) is 7.81. The second-order valence-electron chi connectivity index (χ2n) is 4.85. The van der Waals surface area contributed by atoms with Gasteiger partial charge in [-0.15, -0.1) is 0 Å². The van der Waals surface area contributed by atoms with Gasteiger partial charge in [-0.1, -0.05) is 25.6 Å². The summed E-state index contributed by atoms with van der Waals surface area (Å²) in [6.45, 7) is 7.65. The molecule has 1 amide bonds. The highest BCUT2D eigenvalue weighted by molar-refractivity contribution is 8.14. The van der Waals surface area contributed by atoms with Gasteiger partial charge in [0, 0.05) is 25.1 Å². The zero-order chi connectivity index (χ0) is 13.2. The van der Waals surface area contributed by atoms with Crippen LogP contribution in [0.1, 0.15) is 34.1 Å². The zero-order valence-corrected chi connectivity index (χ0v) is 11.5. The fourth-order valence-electron chi connectivity index (χ4n) is 1.94. The number of hydrogen-bond acceptors (Lipinski definition) is 4. The van der Waals surface area contributed by atoms with Crippen LogP contribution in [-0.4, -0.2) is 33.3 Å². The Balaban J connectivity index is 2.84. The molecule has 0 aliphatic carbocycles. The summed E-state index contributed by atoms with van der Waals surface area (Å²) in [6.07, 6.45) is 0.355. The van der Waals surface area contributed by atoms with E-state index < -0.39 is 5.54 Å². The third-order valence-corrected chi connectivity index (χ3v) is 4.31. The van der Waals surface area contributed by atoms with Crippen LogP contribution in [-0.2, 0) is 9.59 Å². The first-order valence-electron chi connectivity index (χ1n) is 5.70. The zero-order valence-electron chi connectivity index (χ0n) is 10.7. The lowest BCUT2D eigenvalue weighted by molar-refractivity contribution is -0.132. The summed E-state index contributed by atoms with van der Waals surface area (Å²) in [4.78, 5) is 24.6. The van der Waals surface area contributed by atoms with Crippen molar-refractivity contribution in [1.82, 2.24) is 4.90 Å². The van der Waals surface area contributed by atoms with Crippen molar-refractivity contribution >= 4 is 22.8 Å². The molecular formula is C12H18N2O2S. The minimum atomic E-state index is -0.775. The average Bonchev–Trinajstić information content (AvgIpc) is 2.57. The van der Waals surface area contributed by atoms with E-state index in [0.717, 1.165) is 0 Å². The van der Waals surface area contributed by atoms with E-state index in [1.54, 1.807) is 11.8 Å². The smallest absolute Gasteiger partial charge is 0.225 e. The van der Waals surface area contributed by atoms with Gasteiger partial charge in [-0.3, -0.25) is 9.59 Å². The van der Waals surface area contributed by atoms with Gasteiger partial charge in [-0.05, 0) is 12.8 Å². The molecule has 0 N–H and O–H groups in total. The Morgan fingerprint density at radius 1 is 1.65 bits per heavy atom. The number of amides is 1. The quantitative estimate of drug-likeness (QED) is 0.770. The summed E-state index contributed by atoms with van der Waals surface area (Å²) in [5.74, 6) is 0.0408. The van der Waals surface area contributed by atoms with Crippen molar-refractivity contribution in [2.24, 2.45) is 5.92 Å². The molecule has 94 valence electrons. The predicted molar refractivity (Wildman–Crippen MR) is 67.2 cm³/mol. The fourth-order valence-corrected chi connectivity index (χ4v) is 2.86. The summed E-state index contributed by atoms with van der Waals surface area (Å²) < 4.78 is 0. The molecule has 1 heterocycles. The van der Waals surface area contributed by atoms with Crippen LogP contribution in [0.4, 0.5) is 0 Å². The molecule has 2 unspecified atom stereocenters. The first-order valence-corrected chi connectivity index (χ1v) is 6.58. The minimum absolute atomic E-state index is 0.00794. The summed E-state index contributed by atoms with van der Waals surface area (Å²) in [7, 11) is 0. The van der Waals surface area contributed by atoms with Gasteiger partial charge in [0.15, 0.2) is 5.12 Å². The Morgan fingerprint density at radius 3 is 2.65 bits per heavy atom. The normalized spacial score (nSPS) is 23.6. The highest BCUT2D eigenvalue weighted by atomic mass is 32.2. The van der Waals surface area contributed by atoms with Crippen molar-refractivity contribution in [3.05, 3.63) is 0 Å². The first kappa shape index (κ1) is 14.0. The van der Waals surface area contributed by atoms with Gasteiger partial charge in [-0.25, -0.2) is 0 Å². The van der Waals surface area contributed by atoms with Crippen LogP contribution >= 0.6 is 11.8 Å². The van der Waals surface area contributed by atoms with E-state index in [-0.39, 0.29) is 22.2 Å². The second-order valence-corrected chi connectivity index (χ2v) is 6.33. The molecule has 1 aliphatic rings. The van der Waals surface area contributed by atoms with Gasteiger partial charge in [0.05, 0.1) is 6.07 Å². The summed E-state index contributed by atoms with van der Waals surface area (Å²) >= 11 is 1.20. The van der Waals surface area contributed by atoms with Gasteiger partial charge < -0.3 is 4.90 Å². The summed E-state index contributed by atoms with van der Waals surface area (Å²) in [5.41, 5.74) is -0.775. The molecule has 1 fully saturated rings. The summed E-state index contributed by atoms with van der Waals surface area (Å²) in [5, 5.41) is 9.30. The molecule has 17 heavy (non-hydrogen) atoms. The Hall–Kier alpha value is -1.02. The number of rotatable bonds is 3. The molecule has 0 saturated carbocycles. The predicted octanol–water partition coefficient (Wildman–Crippen LogP) is 1.81. The molecule has 0 radical (unpaired) electrons. The second kappa shape index (κ2) is 5.09. The number of likely N-dealkylation sites (tertiary alicyclic amines) is 1. The molecule has 1 rings (SSSR count). The molecule has 0 aromatic rings. The highest BCUT2D eigenvalue weighted by Crippen LogP contribution is 2.33. The topological polar surface area (TPSA) is 61.2 Å². The van der Waals surface area contributed by atoms with Crippen molar-refractivity contribution < 1.29 is 9.59 Å². The standard InChI is InChI=1S/C12H18N2O2S/c1-8(2)12(4,7-13)14-6-10(5-11(14)16)17-9(3)15/h8,10H,5-6H2,1-4H3. The minimum Gasteiger partial charge on any atom is -0.323 e. The number of nitriles is 1. The van der Waals surface area contributed by atoms with Crippen molar-refractivity contribution in [2.45, 2.75) is 44.9 Å². The summed E-state index contributed by atoms with van der Waals surface area (Å²) in [6, 6.07) is 2.24. The van der Waals surface area contributed by atoms with Crippen molar-refractivity contribution in [2.75, 3.05) is 6.54 Å². The highest BCUT2D eigenvalue weighted by Gasteiger charge is 2.44. The van der Waals surface area contributed by atoms with Gasteiger partial charge in [-0.2, -0.15) is 5.26 Å². The molecule has 0 spiro atoms. The van der Waals surface area contributed by atoms with Crippen LogP contribution in [0.15, 0.2) is 0 Å². The molecule has 5 heteroatoms. The van der Waals surface area contributed by atoms with Crippen LogP contribution in [0.5, 0.6) is 0 Å². The Morgan fingerprint density at radius 2 is 2.24 bits per heavy atom. The van der Waals surface area contributed by atoms with Crippen LogP contribution in [0, 0.1) is 17.2 Å². The van der Waals surface area contributed by atoms with Crippen LogP contribution in [0.25, 0.3) is 0 Å². The number of hydrogen-bond donors (Lipinski definition) is 0. The third-order valence-electron chi connectivity index (χ3n) is 3.33. The van der Waals surface area contributed by atoms with Gasteiger partial charge in [0.1, 0.15) is 5.54 Å². The lowest BCUT2D eigenvalue weighted by Crippen LogP contribution is -2.50. The molecule has 1 saturated heterocycles. The van der Waals surface area contributed by atoms with E-state index in [9.17, 15) is 14.9 Å². The molecule has 1 aliphatic heterocycles. The largest absolute Gasteiger partial charge is 0.323 e. The van der Waals surface area contributed by atoms with Crippen molar-refractivity contribution in [3.8, 4) is 6.07 Å². The molecule has 0 bridgehead atoms. The Labute approximate surface area is 106 Å². The molecule has 4 nitrogen and oxygen atoms in total. The van der Waals surface area contributed by atoms with E-state index in [1.807, 2.05) is 13.8 Å². The van der Waals surface area contributed by atoms with Gasteiger partial charge in [0.2, 0.25) is 5.91 Å². The van der Waals surface area contributed by atoms with Crippen molar-refractivity contribution in [1.29, 1.82) is 5.26 Å². The van der Waals surface area contributed by atoms with E-state index in [4.69, 9.17) is 0 Å². The maximum Gasteiger partial charge on any atom is 0.225 e. The number of carbonyl (C=O) groups excluding carboxylic acids is 2. The van der Waals surface area contributed by atoms with Crippen LogP contribution < -0.4 is 0 Å². The van der Waals surface area contributed by atoms with E-state index in [0.29, 0.717) is 13.0 Å². The SMILES string of the molecule is CC(=O)SC1CC(=O)N(C(C)(C#N)C(C)C)C1. The molecule has 2 atom stereocenters. The Kier molecular flexibility index (Phi) is 4.21. The van der Waals surface area contributed by atoms with Crippen LogP contribution in [0.3, 0.4) is 0 Å². The fraction of sp³-hybridized carbons (Fsp3) is 0.750. The van der Waals surface area contributed by atoms with Crippen LogP contribution in [0.2, 0.25) is 0 Å². The number of carbonyl (C=O) groups is 2. The van der Waals surface area contributed by atoms with Gasteiger partial charge >= 0.3 is 0 Å². The van der Waals surface area contributed by atoms with E-state index in [1.165, 1.54) is 18.7 Å². The Bertz CT molecular complexity index is 375. The third kappa shape index (κ3) is 2.81. The van der Waals surface area contributed by atoms with Crippen molar-refractivity contribution in [3.63, 3.8) is 0 Å². The monoisotopic (exact) mass is 254 g/mol. The van der Waals surface area contributed by atoms with E-state index >= 15 is 0 Å². The molecular weight excluding hydrogens is 236 g/mol. The number of nitrogens with zero attached hydrogens (tertiary/aromatic N) is 2. The lowest BCUT2D eigenvalue weighted by atomic mass is 9.88. The molecule has 0 aromatic carbocycles. The average molecular weight is 254 g/mol. The maximum atomic E-state index is 11.9.